The summed E-state index contributed by atoms with van der Waals surface area (Å²) >= 11 is 0. The minimum atomic E-state index is 0.272. The van der Waals surface area contributed by atoms with Crippen molar-refractivity contribution in [1.29, 1.82) is 0 Å². The number of nitrogens with zero attached hydrogens (tertiary/aromatic N) is 1. The first-order chi connectivity index (χ1) is 9.76. The molecular weight excluding hydrogens is 248 g/mol. The summed E-state index contributed by atoms with van der Waals surface area (Å²) in [5.41, 5.74) is 2.43. The van der Waals surface area contributed by atoms with E-state index in [4.69, 9.17) is 0 Å². The topological polar surface area (TPSA) is 32.3 Å². The molecule has 1 aromatic rings. The predicted molar refractivity (Wildman–Crippen MR) is 84.1 cm³/mol. The molecule has 1 aliphatic heterocycles. The summed E-state index contributed by atoms with van der Waals surface area (Å²) < 4.78 is 0. The van der Waals surface area contributed by atoms with Crippen molar-refractivity contribution < 1.29 is 4.79 Å². The molecule has 20 heavy (non-hydrogen) atoms. The quantitative estimate of drug-likeness (QED) is 0.864. The molecule has 1 aromatic carbocycles. The molecule has 1 atom stereocenters. The molecule has 1 aliphatic rings. The summed E-state index contributed by atoms with van der Waals surface area (Å²) in [6.07, 6.45) is 4.89. The van der Waals surface area contributed by atoms with Gasteiger partial charge in [0.25, 0.3) is 0 Å². The van der Waals surface area contributed by atoms with E-state index in [1.54, 1.807) is 0 Å². The minimum Gasteiger partial charge on any atom is -0.312 e. The van der Waals surface area contributed by atoms with Crippen molar-refractivity contribution in [3.63, 3.8) is 0 Å². The summed E-state index contributed by atoms with van der Waals surface area (Å²) in [4.78, 5) is 14.4. The number of anilines is 1. The Hall–Kier alpha value is -1.35. The molecule has 0 saturated heterocycles. The zero-order valence-corrected chi connectivity index (χ0v) is 12.7. The molecule has 1 amide bonds. The normalized spacial score (nSPS) is 16.7. The number of hydrogen-bond donors (Lipinski definition) is 1. The van der Waals surface area contributed by atoms with Crippen LogP contribution in [0.5, 0.6) is 0 Å². The van der Waals surface area contributed by atoms with Gasteiger partial charge in [0.15, 0.2) is 0 Å². The second kappa shape index (κ2) is 7.44. The second-order valence-electron chi connectivity index (χ2n) is 5.53. The zero-order valence-electron chi connectivity index (χ0n) is 12.7. The number of carbonyl (C=O) groups is 1. The van der Waals surface area contributed by atoms with Crippen molar-refractivity contribution in [3.8, 4) is 0 Å². The summed E-state index contributed by atoms with van der Waals surface area (Å²) in [5, 5.41) is 3.51. The van der Waals surface area contributed by atoms with Gasteiger partial charge in [0.1, 0.15) is 0 Å². The number of para-hydroxylation sites is 1. The third-order valence-electron chi connectivity index (χ3n) is 3.95. The van der Waals surface area contributed by atoms with Crippen molar-refractivity contribution in [3.05, 3.63) is 29.8 Å². The monoisotopic (exact) mass is 274 g/mol. The van der Waals surface area contributed by atoms with E-state index < -0.39 is 0 Å². The molecule has 2 rings (SSSR count). The van der Waals surface area contributed by atoms with E-state index in [0.717, 1.165) is 44.5 Å². The van der Waals surface area contributed by atoms with Crippen LogP contribution in [0.3, 0.4) is 0 Å². The van der Waals surface area contributed by atoms with Crippen LogP contribution >= 0.6 is 0 Å². The maximum absolute atomic E-state index is 12.4. The molecule has 0 saturated carbocycles. The van der Waals surface area contributed by atoms with Crippen LogP contribution in [0, 0.1) is 0 Å². The Morgan fingerprint density at radius 1 is 1.25 bits per heavy atom. The largest absolute Gasteiger partial charge is 0.312 e. The van der Waals surface area contributed by atoms with E-state index >= 15 is 0 Å². The van der Waals surface area contributed by atoms with Crippen LogP contribution in [0.1, 0.15) is 45.1 Å². The lowest BCUT2D eigenvalue weighted by Crippen LogP contribution is -2.43. The number of fused-ring (bicyclic) bond motifs is 1. The molecule has 0 aromatic heterocycles. The highest BCUT2D eigenvalue weighted by atomic mass is 16.2. The number of likely N-dealkylation sites (N-methyl/N-ethyl adjacent to an activating group) is 1. The molecule has 0 bridgehead atoms. The van der Waals surface area contributed by atoms with E-state index in [1.165, 1.54) is 5.56 Å². The number of carbonyl (C=O) groups excluding carboxylic acids is 1. The number of rotatable bonds is 6. The van der Waals surface area contributed by atoms with Crippen molar-refractivity contribution in [2.24, 2.45) is 0 Å². The Morgan fingerprint density at radius 2 is 2.05 bits per heavy atom. The Balaban J connectivity index is 2.20. The molecule has 0 spiro atoms. The highest BCUT2D eigenvalue weighted by Crippen LogP contribution is 2.27. The first kappa shape index (κ1) is 15.0. The van der Waals surface area contributed by atoms with Gasteiger partial charge in [0.05, 0.1) is 0 Å². The van der Waals surface area contributed by atoms with Gasteiger partial charge < -0.3 is 10.2 Å². The van der Waals surface area contributed by atoms with Crippen LogP contribution in [-0.4, -0.2) is 25.0 Å². The van der Waals surface area contributed by atoms with Crippen LogP contribution in [0.4, 0.5) is 5.69 Å². The number of amides is 1. The van der Waals surface area contributed by atoms with Crippen LogP contribution in [-0.2, 0) is 11.2 Å². The third-order valence-corrected chi connectivity index (χ3v) is 3.95. The van der Waals surface area contributed by atoms with E-state index in [-0.39, 0.29) is 5.91 Å². The van der Waals surface area contributed by atoms with Gasteiger partial charge >= 0.3 is 0 Å². The lowest BCUT2D eigenvalue weighted by atomic mass is 10.1. The average molecular weight is 274 g/mol. The molecule has 1 unspecified atom stereocenters. The zero-order chi connectivity index (χ0) is 14.4. The Bertz CT molecular complexity index is 438. The minimum absolute atomic E-state index is 0.272. The number of nitrogens with one attached hydrogen (secondary N) is 1. The third kappa shape index (κ3) is 3.60. The molecule has 0 fully saturated rings. The van der Waals surface area contributed by atoms with Gasteiger partial charge in [0, 0.05) is 24.7 Å². The van der Waals surface area contributed by atoms with E-state index in [2.05, 4.69) is 37.4 Å². The Morgan fingerprint density at radius 3 is 2.80 bits per heavy atom. The van der Waals surface area contributed by atoms with Gasteiger partial charge in [-0.25, -0.2) is 0 Å². The molecule has 110 valence electrons. The maximum atomic E-state index is 12.4. The lowest BCUT2D eigenvalue weighted by Gasteiger charge is -2.28. The van der Waals surface area contributed by atoms with Crippen molar-refractivity contribution in [2.45, 2.75) is 52.0 Å². The SMILES string of the molecule is CCCC(CN1C(=O)CCCc2ccccc21)NCC. The number of aryl methyl sites for hydroxylation is 1. The number of hydrogen-bond acceptors (Lipinski definition) is 2. The Labute approximate surface area is 122 Å². The molecule has 3 heteroatoms. The first-order valence-corrected chi connectivity index (χ1v) is 7.87. The van der Waals surface area contributed by atoms with Crippen molar-refractivity contribution in [1.82, 2.24) is 5.32 Å². The highest BCUT2D eigenvalue weighted by Gasteiger charge is 2.24. The van der Waals surface area contributed by atoms with Crippen molar-refractivity contribution in [2.75, 3.05) is 18.0 Å². The highest BCUT2D eigenvalue weighted by molar-refractivity contribution is 5.94. The molecule has 1 heterocycles. The lowest BCUT2D eigenvalue weighted by molar-refractivity contribution is -0.118. The standard InChI is InChI=1S/C17H26N2O/c1-3-8-15(18-4-2)13-19-16-11-6-5-9-14(16)10-7-12-17(19)20/h5-6,9,11,15,18H,3-4,7-8,10,12-13H2,1-2H3. The van der Waals surface area contributed by atoms with Crippen molar-refractivity contribution >= 4 is 11.6 Å². The van der Waals surface area contributed by atoms with E-state index in [0.29, 0.717) is 12.5 Å². The van der Waals surface area contributed by atoms with Crippen LogP contribution in [0.25, 0.3) is 0 Å². The maximum Gasteiger partial charge on any atom is 0.227 e. The van der Waals surface area contributed by atoms with E-state index in [9.17, 15) is 4.79 Å². The van der Waals surface area contributed by atoms with Crippen LogP contribution < -0.4 is 10.2 Å². The summed E-state index contributed by atoms with van der Waals surface area (Å²) in [7, 11) is 0. The average Bonchev–Trinajstić information content (AvgIpc) is 2.60. The van der Waals surface area contributed by atoms with Gasteiger partial charge in [-0.05, 0) is 37.4 Å². The summed E-state index contributed by atoms with van der Waals surface area (Å²) in [6, 6.07) is 8.74. The fourth-order valence-corrected chi connectivity index (χ4v) is 3.00. The van der Waals surface area contributed by atoms with Gasteiger partial charge in [-0.15, -0.1) is 0 Å². The molecule has 1 N–H and O–H groups in total. The van der Waals surface area contributed by atoms with Gasteiger partial charge in [-0.3, -0.25) is 4.79 Å². The summed E-state index contributed by atoms with van der Waals surface area (Å²) in [5.74, 6) is 0.272. The molecular formula is C17H26N2O. The fraction of sp³-hybridized carbons (Fsp3) is 0.588. The first-order valence-electron chi connectivity index (χ1n) is 7.87. The Kier molecular flexibility index (Phi) is 5.60. The second-order valence-corrected chi connectivity index (χ2v) is 5.53. The number of benzene rings is 1. The van der Waals surface area contributed by atoms with Crippen LogP contribution in [0.15, 0.2) is 24.3 Å². The molecule has 0 radical (unpaired) electrons. The van der Waals surface area contributed by atoms with Crippen LogP contribution in [0.2, 0.25) is 0 Å². The van der Waals surface area contributed by atoms with Gasteiger partial charge in [0.2, 0.25) is 5.91 Å². The fourth-order valence-electron chi connectivity index (χ4n) is 3.00. The summed E-state index contributed by atoms with van der Waals surface area (Å²) in [6.45, 7) is 6.06. The molecule has 0 aliphatic carbocycles. The van der Waals surface area contributed by atoms with E-state index in [1.807, 2.05) is 11.0 Å². The van der Waals surface area contributed by atoms with Gasteiger partial charge in [-0.2, -0.15) is 0 Å². The van der Waals surface area contributed by atoms with Gasteiger partial charge in [-0.1, -0.05) is 38.5 Å². The predicted octanol–water partition coefficient (Wildman–Crippen LogP) is 3.13. The smallest absolute Gasteiger partial charge is 0.227 e. The molecule has 3 nitrogen and oxygen atoms in total.